The minimum absolute atomic E-state index is 0.237. The standard InChI is InChI=1S/C57H86P2/c1-13-54(5,6)41-29-30-49(44-57(11,12)16-4)46-59(52-35-25-19-26-36-52,53-37-27-20-28-38-53)47-58(50-31-21-17-22-32-50,51-33-23-18-24-34-51)45-48(39-42-55(7,8)14-2)40-43-56(9,10)15-3/h17-28,30-39,58-59H,13-16,29,40-47H2,1-12H3/b48-39-,49-30-. The van der Waals surface area contributed by atoms with Crippen molar-refractivity contribution in [1.82, 2.24) is 0 Å². The summed E-state index contributed by atoms with van der Waals surface area (Å²) in [6.45, 7) is 29.3. The van der Waals surface area contributed by atoms with Crippen molar-refractivity contribution in [3.63, 3.8) is 0 Å². The zero-order valence-electron chi connectivity index (χ0n) is 39.9. The van der Waals surface area contributed by atoms with Crippen LogP contribution in [0.3, 0.4) is 0 Å². The Labute approximate surface area is 365 Å². The van der Waals surface area contributed by atoms with E-state index in [1.165, 1.54) is 57.0 Å². The van der Waals surface area contributed by atoms with Gasteiger partial charge in [0.2, 0.25) is 0 Å². The predicted octanol–water partition coefficient (Wildman–Crippen LogP) is 15.7. The van der Waals surface area contributed by atoms with Crippen LogP contribution in [-0.4, -0.2) is 18.2 Å². The van der Waals surface area contributed by atoms with Crippen LogP contribution in [-0.2, 0) is 0 Å². The van der Waals surface area contributed by atoms with Crippen LogP contribution in [0.5, 0.6) is 0 Å². The molecule has 0 atom stereocenters. The van der Waals surface area contributed by atoms with Gasteiger partial charge in [0.25, 0.3) is 0 Å². The van der Waals surface area contributed by atoms with E-state index >= 15 is 0 Å². The molecule has 0 bridgehead atoms. The van der Waals surface area contributed by atoms with Crippen molar-refractivity contribution < 1.29 is 0 Å². The topological polar surface area (TPSA) is 0 Å². The summed E-state index contributed by atoms with van der Waals surface area (Å²) in [5.41, 5.74) is 4.56. The van der Waals surface area contributed by atoms with Crippen molar-refractivity contribution >= 4 is 35.7 Å². The number of rotatable bonds is 24. The first-order valence-corrected chi connectivity index (χ1v) is 28.4. The average Bonchev–Trinajstić information content (AvgIpc) is 3.25. The number of benzene rings is 4. The molecule has 59 heavy (non-hydrogen) atoms. The van der Waals surface area contributed by atoms with Crippen LogP contribution < -0.4 is 21.2 Å². The number of hydrogen-bond acceptors (Lipinski definition) is 0. The SMILES string of the molecule is CCC(C)(C)C/C=C(/CCC(C)(C)CC)C[PH](C[PH](C/C(=C\CCC(C)(C)CC)CC(C)(C)CC)(c1ccccc1)c1ccccc1)(c1ccccc1)c1ccccc1. The first-order chi connectivity index (χ1) is 27.9. The van der Waals surface area contributed by atoms with E-state index in [9.17, 15) is 0 Å². The summed E-state index contributed by atoms with van der Waals surface area (Å²) in [5, 5.41) is 6.37. The van der Waals surface area contributed by atoms with Gasteiger partial charge in [-0.3, -0.25) is 0 Å². The van der Waals surface area contributed by atoms with Crippen LogP contribution in [0.2, 0.25) is 0 Å². The quantitative estimate of drug-likeness (QED) is 0.0487. The molecule has 0 N–H and O–H groups in total. The molecule has 0 amide bonds. The zero-order valence-corrected chi connectivity index (χ0v) is 41.9. The van der Waals surface area contributed by atoms with E-state index in [1.54, 1.807) is 32.4 Å². The molecule has 0 saturated heterocycles. The minimum atomic E-state index is -2.56. The molecule has 0 fully saturated rings. The Kier molecular flexibility index (Phi) is 18.1. The fraction of sp³-hybridized carbons (Fsp3) is 0.509. The van der Waals surface area contributed by atoms with E-state index in [2.05, 4.69) is 217 Å². The predicted molar refractivity (Wildman–Crippen MR) is 276 cm³/mol. The molecule has 324 valence electrons. The molecule has 0 aliphatic rings. The van der Waals surface area contributed by atoms with E-state index in [0.29, 0.717) is 10.8 Å². The molecule has 0 saturated carbocycles. The molecule has 0 aliphatic carbocycles. The summed E-state index contributed by atoms with van der Waals surface area (Å²) in [6.07, 6.45) is 19.7. The Morgan fingerprint density at radius 3 is 1.15 bits per heavy atom. The molecule has 4 aromatic carbocycles. The van der Waals surface area contributed by atoms with Crippen molar-refractivity contribution in [3.8, 4) is 0 Å². The maximum absolute atomic E-state index is 2.74. The summed E-state index contributed by atoms with van der Waals surface area (Å²) in [7, 11) is -5.12. The molecule has 0 aromatic heterocycles. The average molecular weight is 833 g/mol. The van der Waals surface area contributed by atoms with Gasteiger partial charge >= 0.3 is 368 Å². The molecular formula is C57H86P2. The Morgan fingerprint density at radius 1 is 0.424 bits per heavy atom. The van der Waals surface area contributed by atoms with Gasteiger partial charge in [0.15, 0.2) is 0 Å². The Hall–Kier alpha value is -2.78. The van der Waals surface area contributed by atoms with Crippen molar-refractivity contribution in [1.29, 1.82) is 0 Å². The van der Waals surface area contributed by atoms with E-state index in [0.717, 1.165) is 25.4 Å². The third kappa shape index (κ3) is 14.1. The summed E-state index contributed by atoms with van der Waals surface area (Å²) in [6, 6.07) is 47.9. The van der Waals surface area contributed by atoms with Crippen LogP contribution in [0.1, 0.15) is 147 Å². The van der Waals surface area contributed by atoms with Crippen molar-refractivity contribution in [2.45, 2.75) is 147 Å². The maximum atomic E-state index is 2.74. The molecule has 2 heteroatoms. The van der Waals surface area contributed by atoms with Crippen molar-refractivity contribution in [2.24, 2.45) is 21.7 Å². The Balaban J connectivity index is 2.12. The van der Waals surface area contributed by atoms with Crippen LogP contribution in [0.15, 0.2) is 145 Å². The first-order valence-electron chi connectivity index (χ1n) is 23.5. The van der Waals surface area contributed by atoms with Gasteiger partial charge in [-0.25, -0.2) is 0 Å². The summed E-state index contributed by atoms with van der Waals surface area (Å²) >= 11 is 0. The van der Waals surface area contributed by atoms with Gasteiger partial charge in [-0.1, -0.05) is 0 Å². The Bertz CT molecular complexity index is 1780. The summed E-state index contributed by atoms with van der Waals surface area (Å²) < 4.78 is 0. The van der Waals surface area contributed by atoms with Gasteiger partial charge in [0.05, 0.1) is 0 Å². The number of allylic oxidation sites excluding steroid dienone is 4. The molecular weight excluding hydrogens is 747 g/mol. The van der Waals surface area contributed by atoms with Crippen molar-refractivity contribution in [2.75, 3.05) is 18.2 Å². The fourth-order valence-electron chi connectivity index (χ4n) is 8.89. The van der Waals surface area contributed by atoms with Gasteiger partial charge in [0.1, 0.15) is 0 Å². The second kappa shape index (κ2) is 21.8. The molecule has 0 spiro atoms. The summed E-state index contributed by atoms with van der Waals surface area (Å²) in [4.78, 5) is 0. The van der Waals surface area contributed by atoms with Gasteiger partial charge in [-0.2, -0.15) is 0 Å². The van der Waals surface area contributed by atoms with E-state index in [-0.39, 0.29) is 10.8 Å². The zero-order chi connectivity index (χ0) is 43.2. The van der Waals surface area contributed by atoms with Gasteiger partial charge in [-0.05, 0) is 0 Å². The second-order valence-electron chi connectivity index (χ2n) is 21.4. The monoisotopic (exact) mass is 833 g/mol. The van der Waals surface area contributed by atoms with Crippen LogP contribution in [0.25, 0.3) is 0 Å². The van der Waals surface area contributed by atoms with E-state index in [4.69, 9.17) is 0 Å². The second-order valence-corrected chi connectivity index (χ2v) is 30.1. The third-order valence-electron chi connectivity index (χ3n) is 14.8. The van der Waals surface area contributed by atoms with Crippen LogP contribution in [0.4, 0.5) is 0 Å². The van der Waals surface area contributed by atoms with Gasteiger partial charge in [-0.15, -0.1) is 0 Å². The van der Waals surface area contributed by atoms with E-state index < -0.39 is 14.5 Å². The van der Waals surface area contributed by atoms with E-state index in [1.807, 2.05) is 0 Å². The molecule has 4 rings (SSSR count). The molecule has 0 heterocycles. The number of hydrogen-bond donors (Lipinski definition) is 0. The van der Waals surface area contributed by atoms with Gasteiger partial charge in [0, 0.05) is 0 Å². The van der Waals surface area contributed by atoms with Crippen molar-refractivity contribution in [3.05, 3.63) is 145 Å². The van der Waals surface area contributed by atoms with Crippen LogP contribution in [0, 0.1) is 21.7 Å². The van der Waals surface area contributed by atoms with Gasteiger partial charge < -0.3 is 0 Å². The molecule has 0 aliphatic heterocycles. The first kappa shape index (κ1) is 48.9. The molecule has 4 aromatic rings. The fourth-order valence-corrected chi connectivity index (χ4v) is 24.2. The molecule has 0 nitrogen and oxygen atoms in total. The molecule has 0 radical (unpaired) electrons. The summed E-state index contributed by atoms with van der Waals surface area (Å²) in [5.74, 6) is 1.23. The Morgan fingerprint density at radius 2 is 0.780 bits per heavy atom. The van der Waals surface area contributed by atoms with Crippen LogP contribution >= 0.6 is 14.5 Å². The third-order valence-corrected chi connectivity index (χ3v) is 27.5. The molecule has 0 unspecified atom stereocenters. The normalized spacial score (nSPS) is 14.4.